The van der Waals surface area contributed by atoms with Crippen molar-refractivity contribution in [2.45, 2.75) is 13.8 Å². The molecule has 0 bridgehead atoms. The zero-order valence-corrected chi connectivity index (χ0v) is 27.6. The Bertz CT molecular complexity index is 1490. The zero-order valence-electron chi connectivity index (χ0n) is 25.8. The highest BCUT2D eigenvalue weighted by Gasteiger charge is 2.51. The van der Waals surface area contributed by atoms with Crippen LogP contribution in [0.15, 0.2) is 182 Å². The Morgan fingerprint density at radius 2 is 0.478 bits per heavy atom. The second-order valence-corrected chi connectivity index (χ2v) is 16.3. The first-order valence-electron chi connectivity index (χ1n) is 15.0. The Hall–Kier alpha value is -4.88. The van der Waals surface area contributed by atoms with Crippen molar-refractivity contribution in [1.29, 1.82) is 0 Å². The molecule has 46 heavy (non-hydrogen) atoms. The Balaban J connectivity index is 0.000000181. The summed E-state index contributed by atoms with van der Waals surface area (Å²) < 4.78 is 12.1. The third-order valence-corrected chi connectivity index (χ3v) is 14.5. The van der Waals surface area contributed by atoms with Gasteiger partial charge in [-0.05, 0) is 72.8 Å². The maximum Gasteiger partial charge on any atom is 0.348 e. The Kier molecular flexibility index (Phi) is 10.9. The lowest BCUT2D eigenvalue weighted by molar-refractivity contribution is -0.132. The first-order valence-corrected chi connectivity index (χ1v) is 18.4. The average molecular weight is 643 g/mol. The van der Waals surface area contributed by atoms with Crippen LogP contribution in [-0.4, -0.2) is 11.9 Å². The highest BCUT2D eigenvalue weighted by Crippen LogP contribution is 2.57. The molecule has 0 N–H and O–H groups in total. The topological polar surface area (TPSA) is 52.6 Å². The van der Waals surface area contributed by atoms with Crippen LogP contribution < -0.4 is 31.8 Å². The maximum absolute atomic E-state index is 12.0. The van der Waals surface area contributed by atoms with E-state index < -0.39 is 15.0 Å². The van der Waals surface area contributed by atoms with E-state index in [0.29, 0.717) is 0 Å². The number of hydrogen-bond acceptors (Lipinski definition) is 4. The average Bonchev–Trinajstić information content (AvgIpc) is 3.12. The first-order chi connectivity index (χ1) is 22.5. The number of rotatable bonds is 8. The van der Waals surface area contributed by atoms with Crippen molar-refractivity contribution in [3.05, 3.63) is 182 Å². The van der Waals surface area contributed by atoms with E-state index in [1.807, 2.05) is 182 Å². The molecular weight excluding hydrogens is 606 g/mol. The minimum absolute atomic E-state index is 0.269. The van der Waals surface area contributed by atoms with E-state index in [4.69, 9.17) is 9.05 Å². The molecule has 0 atom stereocenters. The molecule has 0 aliphatic carbocycles. The van der Waals surface area contributed by atoms with Crippen LogP contribution in [0.1, 0.15) is 13.8 Å². The highest BCUT2D eigenvalue weighted by atomic mass is 31.2. The Labute approximate surface area is 272 Å². The van der Waals surface area contributed by atoms with Crippen LogP contribution in [0.5, 0.6) is 0 Å². The van der Waals surface area contributed by atoms with Crippen molar-refractivity contribution in [1.82, 2.24) is 0 Å². The van der Waals surface area contributed by atoms with Crippen LogP contribution >= 0.6 is 15.0 Å². The van der Waals surface area contributed by atoms with Gasteiger partial charge in [0.05, 0.1) is 0 Å². The van der Waals surface area contributed by atoms with Crippen LogP contribution in [0.25, 0.3) is 0 Å². The summed E-state index contributed by atoms with van der Waals surface area (Å²) in [6.07, 6.45) is 0. The standard InChI is InChI=1S/2C20H18O2P/c2*1-17(21)22-23(18-11-5-2-6-12-18,19-13-7-3-8-14-19)20-15-9-4-10-16-20/h2*2-16H,1H3/q2*+1. The third-order valence-electron chi connectivity index (χ3n) is 7.25. The van der Waals surface area contributed by atoms with Gasteiger partial charge in [-0.25, -0.2) is 9.59 Å². The molecule has 6 aromatic rings. The van der Waals surface area contributed by atoms with E-state index in [-0.39, 0.29) is 11.9 Å². The van der Waals surface area contributed by atoms with Crippen molar-refractivity contribution in [3.63, 3.8) is 0 Å². The first kappa shape index (κ1) is 32.5. The predicted molar refractivity (Wildman–Crippen MR) is 194 cm³/mol. The summed E-state index contributed by atoms with van der Waals surface area (Å²) in [5.41, 5.74) is 0. The van der Waals surface area contributed by atoms with Gasteiger partial charge < -0.3 is 0 Å². The minimum atomic E-state index is -2.46. The number of benzene rings is 6. The number of carbonyl (C=O) groups excluding carboxylic acids is 2. The molecule has 0 saturated carbocycles. The van der Waals surface area contributed by atoms with Crippen molar-refractivity contribution >= 4 is 58.7 Å². The van der Waals surface area contributed by atoms with Gasteiger partial charge in [0, 0.05) is 13.8 Å². The largest absolute Gasteiger partial charge is 0.348 e. The molecule has 6 heteroatoms. The van der Waals surface area contributed by atoms with Crippen LogP contribution in [0.3, 0.4) is 0 Å². The van der Waals surface area contributed by atoms with Gasteiger partial charge in [0.25, 0.3) is 15.0 Å². The molecule has 0 spiro atoms. The summed E-state index contributed by atoms with van der Waals surface area (Å²) in [7, 11) is -4.92. The second kappa shape index (κ2) is 15.4. The lowest BCUT2D eigenvalue weighted by Crippen LogP contribution is -2.33. The molecule has 0 fully saturated rings. The van der Waals surface area contributed by atoms with E-state index >= 15 is 0 Å². The summed E-state index contributed by atoms with van der Waals surface area (Å²) in [6, 6.07) is 60.1. The molecule has 0 saturated heterocycles. The lowest BCUT2D eigenvalue weighted by Gasteiger charge is -2.24. The van der Waals surface area contributed by atoms with Crippen LogP contribution in [-0.2, 0) is 18.6 Å². The predicted octanol–water partition coefficient (Wildman–Crippen LogP) is 6.92. The monoisotopic (exact) mass is 642 g/mol. The molecule has 0 unspecified atom stereocenters. The summed E-state index contributed by atoms with van der Waals surface area (Å²) >= 11 is 0. The zero-order chi connectivity index (χ0) is 32.2. The van der Waals surface area contributed by atoms with Crippen molar-refractivity contribution < 1.29 is 18.6 Å². The SMILES string of the molecule is CC(=O)O[P+](c1ccccc1)(c1ccccc1)c1ccccc1.CC(=O)O[P+](c1ccccc1)(c1ccccc1)c1ccccc1. The van der Waals surface area contributed by atoms with Gasteiger partial charge in [0.15, 0.2) is 0 Å². The van der Waals surface area contributed by atoms with Gasteiger partial charge in [-0.3, -0.25) is 9.05 Å². The smallest absolute Gasteiger partial charge is 0.297 e. The van der Waals surface area contributed by atoms with Gasteiger partial charge in [-0.1, -0.05) is 109 Å². The molecule has 0 aromatic heterocycles. The quantitative estimate of drug-likeness (QED) is 0.169. The molecule has 6 rings (SSSR count). The van der Waals surface area contributed by atoms with Gasteiger partial charge in [-0.15, -0.1) is 0 Å². The van der Waals surface area contributed by atoms with Crippen molar-refractivity contribution in [3.8, 4) is 0 Å². The van der Waals surface area contributed by atoms with E-state index in [0.717, 1.165) is 31.8 Å². The van der Waals surface area contributed by atoms with Gasteiger partial charge in [-0.2, -0.15) is 0 Å². The van der Waals surface area contributed by atoms with E-state index in [1.165, 1.54) is 13.8 Å². The van der Waals surface area contributed by atoms with Gasteiger partial charge in [0.2, 0.25) is 0 Å². The molecule has 0 radical (unpaired) electrons. The summed E-state index contributed by atoms with van der Waals surface area (Å²) in [5, 5.41) is 6.21. The van der Waals surface area contributed by atoms with Crippen molar-refractivity contribution in [2.24, 2.45) is 0 Å². The van der Waals surface area contributed by atoms with Crippen LogP contribution in [0.2, 0.25) is 0 Å². The van der Waals surface area contributed by atoms with E-state index in [2.05, 4.69) is 0 Å². The molecule has 0 amide bonds. The molecule has 0 heterocycles. The number of hydrogen-bond donors (Lipinski definition) is 0. The molecule has 4 nitrogen and oxygen atoms in total. The van der Waals surface area contributed by atoms with Crippen LogP contribution in [0.4, 0.5) is 0 Å². The third kappa shape index (κ3) is 7.16. The fourth-order valence-corrected chi connectivity index (χ4v) is 12.2. The Morgan fingerprint density at radius 3 is 0.609 bits per heavy atom. The summed E-state index contributed by atoms with van der Waals surface area (Å²) in [5.74, 6) is -0.537. The molecule has 0 aliphatic rings. The maximum atomic E-state index is 12.0. The van der Waals surface area contributed by atoms with Crippen LogP contribution in [0, 0.1) is 0 Å². The summed E-state index contributed by atoms with van der Waals surface area (Å²) in [4.78, 5) is 24.0. The minimum Gasteiger partial charge on any atom is -0.297 e. The molecular formula is C40H36O4P2+2. The van der Waals surface area contributed by atoms with E-state index in [1.54, 1.807) is 0 Å². The molecule has 228 valence electrons. The number of carbonyl (C=O) groups is 2. The van der Waals surface area contributed by atoms with Crippen molar-refractivity contribution in [2.75, 3.05) is 0 Å². The molecule has 6 aromatic carbocycles. The Morgan fingerprint density at radius 1 is 0.326 bits per heavy atom. The fourth-order valence-electron chi connectivity index (χ4n) is 5.42. The normalized spacial score (nSPS) is 11.0. The van der Waals surface area contributed by atoms with Gasteiger partial charge >= 0.3 is 11.9 Å². The fraction of sp³-hybridized carbons (Fsp3) is 0.0500. The van der Waals surface area contributed by atoms with Gasteiger partial charge in [0.1, 0.15) is 31.8 Å². The second-order valence-electron chi connectivity index (χ2n) is 10.4. The van der Waals surface area contributed by atoms with E-state index in [9.17, 15) is 9.59 Å². The lowest BCUT2D eigenvalue weighted by atomic mass is 10.4. The summed E-state index contributed by atoms with van der Waals surface area (Å²) in [6.45, 7) is 2.95. The highest BCUT2D eigenvalue weighted by molar-refractivity contribution is 7.92. The molecule has 0 aliphatic heterocycles.